The van der Waals surface area contributed by atoms with E-state index in [-0.39, 0.29) is 30.3 Å². The molecule has 0 unspecified atom stereocenters. The van der Waals surface area contributed by atoms with Crippen molar-refractivity contribution >= 4 is 29.0 Å². The molecule has 0 radical (unpaired) electrons. The quantitative estimate of drug-likeness (QED) is 0.851. The Kier molecular flexibility index (Phi) is 4.36. The van der Waals surface area contributed by atoms with Crippen molar-refractivity contribution in [1.29, 1.82) is 0 Å². The van der Waals surface area contributed by atoms with Crippen LogP contribution in [0.4, 0.5) is 5.69 Å². The average molecular weight is 278 g/mol. The van der Waals surface area contributed by atoms with Gasteiger partial charge in [-0.3, -0.25) is 9.59 Å². The number of ketones is 1. The van der Waals surface area contributed by atoms with Crippen LogP contribution in [0.25, 0.3) is 0 Å². The molecular weight excluding hydrogens is 266 g/mol. The van der Waals surface area contributed by atoms with E-state index >= 15 is 0 Å². The minimum absolute atomic E-state index is 0.113. The summed E-state index contributed by atoms with van der Waals surface area (Å²) < 4.78 is 4.96. The van der Waals surface area contributed by atoms with Crippen molar-refractivity contribution in [2.75, 3.05) is 5.32 Å². The standard InChI is InChI=1S/C14H12ClNO3/c15-10-3-5-11(6-4-10)16-14(18)8-7-12(17)13-2-1-9-19-13/h1-6,9H,7-8H2,(H,16,18). The maximum Gasteiger partial charge on any atom is 0.224 e. The van der Waals surface area contributed by atoms with Crippen molar-refractivity contribution < 1.29 is 14.0 Å². The number of rotatable bonds is 5. The Morgan fingerprint density at radius 1 is 1.11 bits per heavy atom. The Labute approximate surface area is 115 Å². The molecule has 0 aliphatic carbocycles. The lowest BCUT2D eigenvalue weighted by molar-refractivity contribution is -0.116. The van der Waals surface area contributed by atoms with Crippen LogP contribution >= 0.6 is 11.6 Å². The van der Waals surface area contributed by atoms with E-state index in [1.54, 1.807) is 36.4 Å². The molecule has 0 saturated heterocycles. The third-order valence-electron chi connectivity index (χ3n) is 2.50. The molecular formula is C14H12ClNO3. The van der Waals surface area contributed by atoms with Crippen LogP contribution in [0.5, 0.6) is 0 Å². The van der Waals surface area contributed by atoms with E-state index in [2.05, 4.69) is 5.32 Å². The number of nitrogens with one attached hydrogen (secondary N) is 1. The van der Waals surface area contributed by atoms with Gasteiger partial charge in [0, 0.05) is 23.6 Å². The zero-order chi connectivity index (χ0) is 13.7. The van der Waals surface area contributed by atoms with Gasteiger partial charge in [0.05, 0.1) is 6.26 Å². The Morgan fingerprint density at radius 2 is 1.84 bits per heavy atom. The van der Waals surface area contributed by atoms with Gasteiger partial charge in [0.1, 0.15) is 0 Å². The van der Waals surface area contributed by atoms with E-state index in [0.717, 1.165) is 0 Å². The topological polar surface area (TPSA) is 59.3 Å². The van der Waals surface area contributed by atoms with Gasteiger partial charge in [0.2, 0.25) is 5.91 Å². The second-order valence-electron chi connectivity index (χ2n) is 3.96. The fraction of sp³-hybridized carbons (Fsp3) is 0.143. The molecule has 0 aliphatic rings. The van der Waals surface area contributed by atoms with E-state index in [4.69, 9.17) is 16.0 Å². The van der Waals surface area contributed by atoms with Crippen LogP contribution in [-0.2, 0) is 4.79 Å². The predicted molar refractivity (Wildman–Crippen MR) is 72.4 cm³/mol. The molecule has 0 bridgehead atoms. The Morgan fingerprint density at radius 3 is 2.47 bits per heavy atom. The van der Waals surface area contributed by atoms with E-state index < -0.39 is 0 Å². The first kappa shape index (κ1) is 13.4. The van der Waals surface area contributed by atoms with Crippen molar-refractivity contribution in [3.63, 3.8) is 0 Å². The average Bonchev–Trinajstić information content (AvgIpc) is 2.93. The van der Waals surface area contributed by atoms with E-state index in [0.29, 0.717) is 10.7 Å². The third-order valence-corrected chi connectivity index (χ3v) is 2.76. The summed E-state index contributed by atoms with van der Waals surface area (Å²) in [6, 6.07) is 10.00. The molecule has 98 valence electrons. The molecule has 19 heavy (non-hydrogen) atoms. The largest absolute Gasteiger partial charge is 0.461 e. The summed E-state index contributed by atoms with van der Waals surface area (Å²) >= 11 is 5.74. The molecule has 2 aromatic rings. The first-order valence-electron chi connectivity index (χ1n) is 5.77. The molecule has 1 amide bonds. The lowest BCUT2D eigenvalue weighted by Crippen LogP contribution is -2.13. The van der Waals surface area contributed by atoms with Gasteiger partial charge in [0.25, 0.3) is 0 Å². The van der Waals surface area contributed by atoms with Crippen LogP contribution in [0.2, 0.25) is 5.02 Å². The Hall–Kier alpha value is -2.07. The number of benzene rings is 1. The SMILES string of the molecule is O=C(CCC(=O)c1ccco1)Nc1ccc(Cl)cc1. The van der Waals surface area contributed by atoms with Gasteiger partial charge in [-0.05, 0) is 36.4 Å². The lowest BCUT2D eigenvalue weighted by atomic mass is 10.1. The van der Waals surface area contributed by atoms with Gasteiger partial charge >= 0.3 is 0 Å². The summed E-state index contributed by atoms with van der Waals surface area (Å²) in [7, 11) is 0. The highest BCUT2D eigenvalue weighted by molar-refractivity contribution is 6.30. The maximum absolute atomic E-state index is 11.6. The van der Waals surface area contributed by atoms with Crippen molar-refractivity contribution in [2.45, 2.75) is 12.8 Å². The second kappa shape index (κ2) is 6.20. The monoisotopic (exact) mass is 277 g/mol. The maximum atomic E-state index is 11.6. The number of Topliss-reactive ketones (excluding diaryl/α,β-unsaturated/α-hetero) is 1. The molecule has 4 nitrogen and oxygen atoms in total. The molecule has 0 spiro atoms. The van der Waals surface area contributed by atoms with Gasteiger partial charge < -0.3 is 9.73 Å². The summed E-state index contributed by atoms with van der Waals surface area (Å²) in [6.07, 6.45) is 1.66. The smallest absolute Gasteiger partial charge is 0.224 e. The number of carbonyl (C=O) groups excluding carboxylic acids is 2. The minimum Gasteiger partial charge on any atom is -0.461 e. The summed E-state index contributed by atoms with van der Waals surface area (Å²) in [5.74, 6) is -0.127. The van der Waals surface area contributed by atoms with Crippen molar-refractivity contribution in [3.8, 4) is 0 Å². The molecule has 1 N–H and O–H groups in total. The normalized spacial score (nSPS) is 10.2. The molecule has 1 aromatic heterocycles. The first-order chi connectivity index (χ1) is 9.15. The van der Waals surface area contributed by atoms with Crippen LogP contribution in [-0.4, -0.2) is 11.7 Å². The number of halogens is 1. The van der Waals surface area contributed by atoms with Crippen molar-refractivity contribution in [1.82, 2.24) is 0 Å². The molecule has 0 atom stereocenters. The van der Waals surface area contributed by atoms with E-state index in [9.17, 15) is 9.59 Å². The minimum atomic E-state index is -0.220. The zero-order valence-electron chi connectivity index (χ0n) is 10.1. The van der Waals surface area contributed by atoms with Crippen LogP contribution < -0.4 is 5.32 Å². The molecule has 1 aromatic carbocycles. The summed E-state index contributed by atoms with van der Waals surface area (Å²) in [5.41, 5.74) is 0.653. The number of hydrogen-bond donors (Lipinski definition) is 1. The highest BCUT2D eigenvalue weighted by Crippen LogP contribution is 2.14. The predicted octanol–water partition coefficient (Wildman–Crippen LogP) is 3.53. The Bertz CT molecular complexity index is 561. The van der Waals surface area contributed by atoms with Crippen LogP contribution in [0.15, 0.2) is 47.1 Å². The Balaban J connectivity index is 1.82. The third kappa shape index (κ3) is 3.96. The summed E-state index contributed by atoms with van der Waals surface area (Å²) in [4.78, 5) is 23.3. The van der Waals surface area contributed by atoms with E-state index in [1.165, 1.54) is 6.26 Å². The number of hydrogen-bond acceptors (Lipinski definition) is 3. The number of amides is 1. The van der Waals surface area contributed by atoms with Crippen LogP contribution in [0.3, 0.4) is 0 Å². The van der Waals surface area contributed by atoms with Crippen LogP contribution in [0, 0.1) is 0 Å². The summed E-state index contributed by atoms with van der Waals surface area (Å²) in [5, 5.41) is 3.29. The van der Waals surface area contributed by atoms with Gasteiger partial charge in [-0.15, -0.1) is 0 Å². The first-order valence-corrected chi connectivity index (χ1v) is 6.15. The molecule has 2 rings (SSSR count). The second-order valence-corrected chi connectivity index (χ2v) is 4.39. The highest BCUT2D eigenvalue weighted by Gasteiger charge is 2.11. The van der Waals surface area contributed by atoms with Gasteiger partial charge in [-0.1, -0.05) is 11.6 Å². The molecule has 0 fully saturated rings. The fourth-order valence-electron chi connectivity index (χ4n) is 1.54. The fourth-order valence-corrected chi connectivity index (χ4v) is 1.67. The van der Waals surface area contributed by atoms with Gasteiger partial charge in [0.15, 0.2) is 11.5 Å². The van der Waals surface area contributed by atoms with Crippen LogP contribution in [0.1, 0.15) is 23.4 Å². The van der Waals surface area contributed by atoms with Gasteiger partial charge in [-0.2, -0.15) is 0 Å². The van der Waals surface area contributed by atoms with Crippen molar-refractivity contribution in [2.24, 2.45) is 0 Å². The molecule has 0 saturated carbocycles. The molecule has 0 aliphatic heterocycles. The molecule has 1 heterocycles. The van der Waals surface area contributed by atoms with Crippen molar-refractivity contribution in [3.05, 3.63) is 53.4 Å². The highest BCUT2D eigenvalue weighted by atomic mass is 35.5. The number of carbonyl (C=O) groups is 2. The van der Waals surface area contributed by atoms with E-state index in [1.807, 2.05) is 0 Å². The number of anilines is 1. The number of furan rings is 1. The zero-order valence-corrected chi connectivity index (χ0v) is 10.8. The van der Waals surface area contributed by atoms with Gasteiger partial charge in [-0.25, -0.2) is 0 Å². The summed E-state index contributed by atoms with van der Waals surface area (Å²) in [6.45, 7) is 0. The lowest BCUT2D eigenvalue weighted by Gasteiger charge is -2.04. The molecule has 5 heteroatoms.